The van der Waals surface area contributed by atoms with Crippen LogP contribution in [0.3, 0.4) is 0 Å². The van der Waals surface area contributed by atoms with Crippen molar-refractivity contribution in [3.05, 3.63) is 109 Å². The molecule has 0 aliphatic heterocycles. The number of terminal acetylenes is 1. The second kappa shape index (κ2) is 24.8. The summed E-state index contributed by atoms with van der Waals surface area (Å²) in [4.78, 5) is 13.8. The van der Waals surface area contributed by atoms with Crippen LogP contribution in [0.2, 0.25) is 0 Å². The van der Waals surface area contributed by atoms with Gasteiger partial charge in [0.1, 0.15) is 0 Å². The summed E-state index contributed by atoms with van der Waals surface area (Å²) in [6, 6.07) is 13.9. The molecule has 3 nitrogen and oxygen atoms in total. The number of allylic oxidation sites excluding steroid dienone is 4. The van der Waals surface area contributed by atoms with E-state index in [1.807, 2.05) is 76.3 Å². The summed E-state index contributed by atoms with van der Waals surface area (Å²) in [7, 11) is 0. The molecule has 236 valence electrons. The highest BCUT2D eigenvalue weighted by molar-refractivity contribution is 6.11. The van der Waals surface area contributed by atoms with Gasteiger partial charge in [0, 0.05) is 6.20 Å². The number of hydrogen-bond donors (Lipinski definition) is 0. The first-order valence-corrected chi connectivity index (χ1v) is 15.2. The van der Waals surface area contributed by atoms with Crippen LogP contribution in [0.25, 0.3) is 5.70 Å². The fraction of sp³-hybridized carbons (Fsp3) is 0.425. The van der Waals surface area contributed by atoms with E-state index in [4.69, 9.17) is 9.98 Å². The molecular formula is C40H61N3. The lowest BCUT2D eigenvalue weighted by atomic mass is 9.71. The van der Waals surface area contributed by atoms with E-state index < -0.39 is 0 Å². The van der Waals surface area contributed by atoms with Crippen LogP contribution in [0.1, 0.15) is 113 Å². The molecule has 0 aliphatic carbocycles. The lowest BCUT2D eigenvalue weighted by Crippen LogP contribution is -2.25. The van der Waals surface area contributed by atoms with Crippen molar-refractivity contribution in [2.75, 3.05) is 0 Å². The van der Waals surface area contributed by atoms with Gasteiger partial charge in [-0.05, 0) is 67.9 Å². The molecular weight excluding hydrogens is 522 g/mol. The van der Waals surface area contributed by atoms with Gasteiger partial charge >= 0.3 is 0 Å². The molecule has 1 aromatic carbocycles. The third-order valence-electron chi connectivity index (χ3n) is 6.10. The van der Waals surface area contributed by atoms with Gasteiger partial charge in [0.15, 0.2) is 5.84 Å². The van der Waals surface area contributed by atoms with E-state index in [0.717, 1.165) is 22.5 Å². The molecule has 0 radical (unpaired) electrons. The van der Waals surface area contributed by atoms with E-state index in [1.54, 1.807) is 19.2 Å². The van der Waals surface area contributed by atoms with Crippen molar-refractivity contribution in [1.29, 1.82) is 0 Å². The highest BCUT2D eigenvalue weighted by atomic mass is 14.9. The van der Waals surface area contributed by atoms with E-state index in [0.29, 0.717) is 22.4 Å². The van der Waals surface area contributed by atoms with E-state index in [9.17, 15) is 0 Å². The molecule has 0 aliphatic rings. The zero-order valence-electron chi connectivity index (χ0n) is 30.0. The van der Waals surface area contributed by atoms with Crippen LogP contribution in [0.15, 0.2) is 102 Å². The predicted octanol–water partition coefficient (Wildman–Crippen LogP) is 12.1. The molecule has 0 amide bonds. The minimum atomic E-state index is 0.437. The summed E-state index contributed by atoms with van der Waals surface area (Å²) in [5.41, 5.74) is 6.24. The number of hydrogen-bond acceptors (Lipinski definition) is 2. The Kier molecular flexibility index (Phi) is 25.2. The Morgan fingerprint density at radius 2 is 1.47 bits per heavy atom. The molecule has 2 rings (SSSR count). The highest BCUT2D eigenvalue weighted by Crippen LogP contribution is 2.36. The van der Waals surface area contributed by atoms with E-state index in [-0.39, 0.29) is 0 Å². The van der Waals surface area contributed by atoms with E-state index in [2.05, 4.69) is 105 Å². The summed E-state index contributed by atoms with van der Waals surface area (Å²) in [5.74, 6) is 2.86. The van der Waals surface area contributed by atoms with Crippen molar-refractivity contribution < 1.29 is 0 Å². The largest absolute Gasteiger partial charge is 0.255 e. The van der Waals surface area contributed by atoms with Crippen LogP contribution in [0, 0.1) is 30.1 Å². The smallest absolute Gasteiger partial charge is 0.155 e. The number of pyridine rings is 1. The third-order valence-corrected chi connectivity index (χ3v) is 6.10. The average Bonchev–Trinajstić information content (AvgIpc) is 2.94. The van der Waals surface area contributed by atoms with Crippen LogP contribution in [-0.4, -0.2) is 16.5 Å². The highest BCUT2D eigenvalue weighted by Gasteiger charge is 2.26. The first-order valence-electron chi connectivity index (χ1n) is 15.2. The van der Waals surface area contributed by atoms with Crippen molar-refractivity contribution in [2.45, 2.75) is 103 Å². The standard InChI is InChI=1S/C24H25N3.C8H18.C3H8.C3H4.C2H6/c1-6-7-8-13-19(3)24(27-21(5)23-15-9-10-16-25-23)26-20(4)22-14-11-12-18(2)17-22;1-7(2,3)8(4,5)6;2*1-3-2;1-2/h6-17H,1,4H2,2-3,5H3;1-6H3;3H2,1-2H3;1H,2H3;1-2H3/b8-7-,19-13+,26-24?,27-21?;;;;. The van der Waals surface area contributed by atoms with Crippen molar-refractivity contribution in [1.82, 2.24) is 4.98 Å². The quantitative estimate of drug-likeness (QED) is 0.144. The number of nitrogens with zero attached hydrogens (tertiary/aromatic N) is 3. The zero-order valence-corrected chi connectivity index (χ0v) is 30.0. The van der Waals surface area contributed by atoms with Gasteiger partial charge in [0.05, 0.1) is 17.1 Å². The van der Waals surface area contributed by atoms with Crippen LogP contribution in [-0.2, 0) is 0 Å². The molecule has 0 atom stereocenters. The van der Waals surface area contributed by atoms with Gasteiger partial charge in [-0.2, -0.15) is 0 Å². The SMILES string of the molecule is C#CC.C=C/C=C\C=C(/C)C(=NC(=C)c1cccc(C)c1)N=C(C)c1ccccn1.CC.CC(C)(C)C(C)(C)C.CCC. The first-order chi connectivity index (χ1) is 20.1. The van der Waals surface area contributed by atoms with Gasteiger partial charge in [-0.25, -0.2) is 9.98 Å². The number of rotatable bonds is 6. The molecule has 0 saturated carbocycles. The molecule has 0 N–H and O–H groups in total. The van der Waals surface area contributed by atoms with Gasteiger partial charge in [-0.15, -0.1) is 12.3 Å². The summed E-state index contributed by atoms with van der Waals surface area (Å²) in [6.45, 7) is 37.3. The Balaban J connectivity index is -0.000000830. The van der Waals surface area contributed by atoms with Crippen molar-refractivity contribution in [3.8, 4) is 12.3 Å². The van der Waals surface area contributed by atoms with Crippen LogP contribution in [0.4, 0.5) is 0 Å². The second-order valence-electron chi connectivity index (χ2n) is 11.6. The summed E-state index contributed by atoms with van der Waals surface area (Å²) < 4.78 is 0. The van der Waals surface area contributed by atoms with Gasteiger partial charge < -0.3 is 0 Å². The number of aliphatic imine (C=N–C) groups is 2. The number of amidine groups is 1. The number of aromatic nitrogens is 1. The minimum Gasteiger partial charge on any atom is -0.255 e. The summed E-state index contributed by atoms with van der Waals surface area (Å²) in [5, 5.41) is 0. The molecule has 43 heavy (non-hydrogen) atoms. The molecule has 0 saturated heterocycles. The minimum absolute atomic E-state index is 0.437. The zero-order chi connectivity index (χ0) is 34.1. The Bertz CT molecular complexity index is 1190. The van der Waals surface area contributed by atoms with E-state index >= 15 is 0 Å². The fourth-order valence-electron chi connectivity index (χ4n) is 2.36. The normalized spacial score (nSPS) is 11.6. The van der Waals surface area contributed by atoms with Crippen LogP contribution < -0.4 is 0 Å². The van der Waals surface area contributed by atoms with Gasteiger partial charge in [0.25, 0.3) is 0 Å². The molecule has 1 aromatic heterocycles. The van der Waals surface area contributed by atoms with Crippen molar-refractivity contribution in [2.24, 2.45) is 20.8 Å². The number of benzene rings is 1. The molecule has 3 heteroatoms. The van der Waals surface area contributed by atoms with Gasteiger partial charge in [-0.3, -0.25) is 4.98 Å². The van der Waals surface area contributed by atoms with Gasteiger partial charge in [-0.1, -0.05) is 143 Å². The summed E-state index contributed by atoms with van der Waals surface area (Å²) in [6.07, 6.45) is 15.1. The molecule has 0 spiro atoms. The molecule has 2 aromatic rings. The maximum absolute atomic E-state index is 4.73. The number of aryl methyl sites for hydroxylation is 1. The van der Waals surface area contributed by atoms with Crippen molar-refractivity contribution >= 4 is 17.2 Å². The van der Waals surface area contributed by atoms with Crippen LogP contribution >= 0.6 is 0 Å². The fourth-order valence-corrected chi connectivity index (χ4v) is 2.36. The Morgan fingerprint density at radius 1 is 0.930 bits per heavy atom. The monoisotopic (exact) mass is 583 g/mol. The first kappa shape index (κ1) is 43.7. The topological polar surface area (TPSA) is 37.6 Å². The maximum Gasteiger partial charge on any atom is 0.155 e. The average molecular weight is 584 g/mol. The van der Waals surface area contributed by atoms with Crippen molar-refractivity contribution in [3.63, 3.8) is 0 Å². The lowest BCUT2D eigenvalue weighted by Gasteiger charge is -2.34. The summed E-state index contributed by atoms with van der Waals surface area (Å²) >= 11 is 0. The maximum atomic E-state index is 4.73. The Labute approximate surface area is 266 Å². The Morgan fingerprint density at radius 3 is 1.88 bits per heavy atom. The molecule has 0 unspecified atom stereocenters. The molecule has 0 bridgehead atoms. The molecule has 0 fully saturated rings. The lowest BCUT2D eigenvalue weighted by molar-refractivity contribution is 0.157. The third kappa shape index (κ3) is 21.6. The second-order valence-corrected chi connectivity index (χ2v) is 11.6. The Hall–Kier alpha value is -3.77. The van der Waals surface area contributed by atoms with Crippen LogP contribution in [0.5, 0.6) is 0 Å². The van der Waals surface area contributed by atoms with E-state index in [1.165, 1.54) is 12.0 Å². The predicted molar refractivity (Wildman–Crippen MR) is 198 cm³/mol. The van der Waals surface area contributed by atoms with Gasteiger partial charge in [0.2, 0.25) is 0 Å². The molecule has 1 heterocycles.